The molecule has 1 aliphatic heterocycles. The highest BCUT2D eigenvalue weighted by Gasteiger charge is 2.47. The molecule has 4 heterocycles. The summed E-state index contributed by atoms with van der Waals surface area (Å²) in [4.78, 5) is 11.4. The Balaban J connectivity index is 1.30. The molecule has 162 valence electrons. The summed E-state index contributed by atoms with van der Waals surface area (Å²) < 4.78 is 2.37. The molecule has 31 heavy (non-hydrogen) atoms. The molecule has 6 nitrogen and oxygen atoms in total. The second-order valence-corrected chi connectivity index (χ2v) is 10.4. The third-order valence-corrected chi connectivity index (χ3v) is 8.34. The average molecular weight is 417 g/mol. The smallest absolute Gasteiger partial charge is 0.0909 e. The molecule has 0 aromatic carbocycles. The van der Waals surface area contributed by atoms with Crippen molar-refractivity contribution in [2.75, 3.05) is 11.4 Å². The minimum atomic E-state index is 0.128. The van der Waals surface area contributed by atoms with E-state index in [0.29, 0.717) is 5.41 Å². The van der Waals surface area contributed by atoms with Crippen molar-refractivity contribution < 1.29 is 0 Å². The number of hydrogen-bond donors (Lipinski definition) is 1. The van der Waals surface area contributed by atoms with Crippen LogP contribution < -0.4 is 10.6 Å². The van der Waals surface area contributed by atoms with Gasteiger partial charge in [-0.05, 0) is 69.9 Å². The quantitative estimate of drug-likeness (QED) is 0.697. The van der Waals surface area contributed by atoms with Crippen LogP contribution in [0.15, 0.2) is 24.5 Å². The highest BCUT2D eigenvalue weighted by Crippen LogP contribution is 2.52. The van der Waals surface area contributed by atoms with Crippen LogP contribution in [0, 0.1) is 19.3 Å². The van der Waals surface area contributed by atoms with Crippen molar-refractivity contribution in [3.05, 3.63) is 47.2 Å². The van der Waals surface area contributed by atoms with E-state index < -0.39 is 0 Å². The van der Waals surface area contributed by atoms with Crippen molar-refractivity contribution in [2.24, 2.45) is 11.1 Å². The molecule has 3 fully saturated rings. The SMILES string of the molecule is Cc1cc(N2CCc3c(c(C)nn3CC34CCC(N)(CC3)CC4)C2)c2ccncc2n1. The van der Waals surface area contributed by atoms with Crippen LogP contribution in [0.2, 0.25) is 0 Å². The first-order valence-corrected chi connectivity index (χ1v) is 11.7. The average Bonchev–Trinajstić information content (AvgIpc) is 3.08. The zero-order chi connectivity index (χ0) is 21.2. The lowest BCUT2D eigenvalue weighted by Gasteiger charge is -2.52. The lowest BCUT2D eigenvalue weighted by molar-refractivity contribution is 0.0263. The van der Waals surface area contributed by atoms with Gasteiger partial charge in [0, 0.05) is 65.8 Å². The first kappa shape index (κ1) is 19.2. The molecule has 2 bridgehead atoms. The van der Waals surface area contributed by atoms with Gasteiger partial charge in [0.25, 0.3) is 0 Å². The van der Waals surface area contributed by atoms with Crippen molar-refractivity contribution in [3.63, 3.8) is 0 Å². The summed E-state index contributed by atoms with van der Waals surface area (Å²) in [5.41, 5.74) is 14.4. The third-order valence-electron chi connectivity index (χ3n) is 8.34. The second kappa shape index (κ2) is 6.76. The first-order chi connectivity index (χ1) is 14.9. The summed E-state index contributed by atoms with van der Waals surface area (Å²) in [5.74, 6) is 0. The molecule has 3 aromatic rings. The fourth-order valence-corrected chi connectivity index (χ4v) is 6.30. The van der Waals surface area contributed by atoms with E-state index in [4.69, 9.17) is 10.8 Å². The van der Waals surface area contributed by atoms with E-state index in [1.54, 1.807) is 0 Å². The number of nitrogens with zero attached hydrogens (tertiary/aromatic N) is 5. The van der Waals surface area contributed by atoms with Gasteiger partial charge in [-0.25, -0.2) is 0 Å². The lowest BCUT2D eigenvalue weighted by atomic mass is 9.57. The maximum atomic E-state index is 6.55. The van der Waals surface area contributed by atoms with E-state index in [1.165, 1.54) is 66.5 Å². The number of nitrogens with two attached hydrogens (primary N) is 1. The van der Waals surface area contributed by atoms with Crippen LogP contribution in [-0.2, 0) is 19.5 Å². The molecule has 3 aliphatic carbocycles. The Bertz CT molecular complexity index is 1140. The number of aryl methyl sites for hydroxylation is 2. The maximum Gasteiger partial charge on any atom is 0.0909 e. The van der Waals surface area contributed by atoms with E-state index in [1.807, 2.05) is 12.4 Å². The van der Waals surface area contributed by atoms with Gasteiger partial charge in [0.2, 0.25) is 0 Å². The lowest BCUT2D eigenvalue weighted by Crippen LogP contribution is -2.53. The number of fused-ring (bicyclic) bond motifs is 5. The normalized spacial score (nSPS) is 27.6. The van der Waals surface area contributed by atoms with E-state index >= 15 is 0 Å². The van der Waals surface area contributed by atoms with Crippen molar-refractivity contribution in [2.45, 2.75) is 77.4 Å². The van der Waals surface area contributed by atoms with E-state index in [9.17, 15) is 0 Å². The van der Waals surface area contributed by atoms with Crippen LogP contribution in [-0.4, -0.2) is 31.8 Å². The summed E-state index contributed by atoms with van der Waals surface area (Å²) in [6.45, 7) is 7.25. The first-order valence-electron chi connectivity index (χ1n) is 11.7. The summed E-state index contributed by atoms with van der Waals surface area (Å²) >= 11 is 0. The van der Waals surface area contributed by atoms with Crippen LogP contribution in [0.5, 0.6) is 0 Å². The van der Waals surface area contributed by atoms with E-state index in [-0.39, 0.29) is 5.54 Å². The van der Waals surface area contributed by atoms with Gasteiger partial charge in [-0.15, -0.1) is 0 Å². The molecule has 2 N–H and O–H groups in total. The fourth-order valence-electron chi connectivity index (χ4n) is 6.30. The van der Waals surface area contributed by atoms with E-state index in [2.05, 4.69) is 45.5 Å². The van der Waals surface area contributed by atoms with Crippen LogP contribution >= 0.6 is 0 Å². The number of aromatic nitrogens is 4. The molecular formula is C25H32N6. The molecule has 0 unspecified atom stereocenters. The van der Waals surface area contributed by atoms with Crippen molar-refractivity contribution >= 4 is 16.6 Å². The maximum absolute atomic E-state index is 6.55. The summed E-state index contributed by atoms with van der Waals surface area (Å²) in [6.07, 6.45) is 12.1. The summed E-state index contributed by atoms with van der Waals surface area (Å²) in [6, 6.07) is 4.31. The number of rotatable bonds is 3. The Labute approximate surface area is 183 Å². The predicted molar refractivity (Wildman–Crippen MR) is 123 cm³/mol. The predicted octanol–water partition coefficient (Wildman–Crippen LogP) is 4.06. The van der Waals surface area contributed by atoms with Crippen molar-refractivity contribution in [1.29, 1.82) is 0 Å². The number of hydrogen-bond acceptors (Lipinski definition) is 5. The minimum Gasteiger partial charge on any atom is -0.366 e. The van der Waals surface area contributed by atoms with Crippen molar-refractivity contribution in [1.82, 2.24) is 19.7 Å². The number of pyridine rings is 2. The van der Waals surface area contributed by atoms with Gasteiger partial charge in [0.1, 0.15) is 0 Å². The van der Waals surface area contributed by atoms with Gasteiger partial charge in [-0.1, -0.05) is 0 Å². The monoisotopic (exact) mass is 416 g/mol. The van der Waals surface area contributed by atoms with Gasteiger partial charge in [-0.3, -0.25) is 14.6 Å². The molecule has 3 aromatic heterocycles. The molecule has 0 spiro atoms. The van der Waals surface area contributed by atoms with Crippen LogP contribution in [0.25, 0.3) is 10.9 Å². The number of anilines is 1. The molecule has 3 saturated carbocycles. The van der Waals surface area contributed by atoms with Gasteiger partial charge in [0.15, 0.2) is 0 Å². The molecule has 0 radical (unpaired) electrons. The largest absolute Gasteiger partial charge is 0.366 e. The van der Waals surface area contributed by atoms with Crippen molar-refractivity contribution in [3.8, 4) is 0 Å². The zero-order valence-corrected chi connectivity index (χ0v) is 18.7. The van der Waals surface area contributed by atoms with Crippen LogP contribution in [0.1, 0.15) is 61.2 Å². The Morgan fingerprint density at radius 3 is 2.65 bits per heavy atom. The van der Waals surface area contributed by atoms with E-state index in [0.717, 1.165) is 37.3 Å². The Morgan fingerprint density at radius 1 is 1.10 bits per heavy atom. The standard InChI is InChI=1S/C25H32N6/c1-17-13-23(19-3-11-27-14-21(19)28-17)30-12-4-22-20(15-30)18(2)29-31(22)16-24-5-8-25(26,9-6-24)10-7-24/h3,11,13-14H,4-10,12,15-16,26H2,1-2H3. The molecule has 4 aliphatic rings. The molecule has 0 atom stereocenters. The molecule has 6 heteroatoms. The summed E-state index contributed by atoms with van der Waals surface area (Å²) in [5, 5.41) is 6.24. The minimum absolute atomic E-state index is 0.128. The van der Waals surface area contributed by atoms with Gasteiger partial charge >= 0.3 is 0 Å². The topological polar surface area (TPSA) is 72.9 Å². The molecule has 0 amide bonds. The Kier molecular flexibility index (Phi) is 4.20. The third kappa shape index (κ3) is 3.15. The Hall–Kier alpha value is -2.47. The highest BCUT2D eigenvalue weighted by molar-refractivity contribution is 5.91. The van der Waals surface area contributed by atoms with Gasteiger partial charge < -0.3 is 10.6 Å². The fraction of sp³-hybridized carbons (Fsp3) is 0.560. The molecule has 7 rings (SSSR count). The summed E-state index contributed by atoms with van der Waals surface area (Å²) in [7, 11) is 0. The second-order valence-electron chi connectivity index (χ2n) is 10.4. The molecular weight excluding hydrogens is 384 g/mol. The zero-order valence-electron chi connectivity index (χ0n) is 18.7. The molecule has 0 saturated heterocycles. The van der Waals surface area contributed by atoms with Crippen LogP contribution in [0.4, 0.5) is 5.69 Å². The Morgan fingerprint density at radius 2 is 1.87 bits per heavy atom. The van der Waals surface area contributed by atoms with Gasteiger partial charge in [-0.2, -0.15) is 5.10 Å². The highest BCUT2D eigenvalue weighted by atomic mass is 15.3. The van der Waals surface area contributed by atoms with Crippen LogP contribution in [0.3, 0.4) is 0 Å². The van der Waals surface area contributed by atoms with Gasteiger partial charge in [0.05, 0.1) is 17.4 Å².